The average molecular weight is 228 g/mol. The van der Waals surface area contributed by atoms with Gasteiger partial charge in [0.15, 0.2) is 0 Å². The molecule has 1 saturated heterocycles. The van der Waals surface area contributed by atoms with Crippen LogP contribution >= 0.6 is 0 Å². The van der Waals surface area contributed by atoms with Gasteiger partial charge >= 0.3 is 0 Å². The van der Waals surface area contributed by atoms with Gasteiger partial charge in [-0.25, -0.2) is 0 Å². The number of likely N-dealkylation sites (tertiary alicyclic amines) is 1. The fourth-order valence-corrected chi connectivity index (χ4v) is 2.10. The molecule has 1 aliphatic heterocycles. The van der Waals surface area contributed by atoms with E-state index in [2.05, 4.69) is 0 Å². The summed E-state index contributed by atoms with van der Waals surface area (Å²) < 4.78 is 0. The van der Waals surface area contributed by atoms with Gasteiger partial charge in [-0.1, -0.05) is 7.43 Å². The number of rotatable bonds is 4. The largest absolute Gasteiger partial charge is 0.344 e. The number of hydrogen-bond donors (Lipinski definition) is 0. The molecule has 1 rings (SSSR count). The van der Waals surface area contributed by atoms with Crippen molar-refractivity contribution in [3.8, 4) is 0 Å². The zero-order valence-corrected chi connectivity index (χ0v) is 9.61. The van der Waals surface area contributed by atoms with Crippen LogP contribution in [0.25, 0.3) is 0 Å². The molecule has 1 heterocycles. The van der Waals surface area contributed by atoms with Crippen molar-refractivity contribution in [2.45, 2.75) is 34.1 Å². The summed E-state index contributed by atoms with van der Waals surface area (Å²) in [7, 11) is 0. The van der Waals surface area contributed by atoms with Crippen LogP contribution in [0.2, 0.25) is 0 Å². The molecule has 0 aromatic carbocycles. The van der Waals surface area contributed by atoms with Crippen molar-refractivity contribution < 1.29 is 9.59 Å². The summed E-state index contributed by atoms with van der Waals surface area (Å²) in [6.07, 6.45) is 2.71. The standard InChI is InChI=1S/C11H20N2O2.CH4/c1-3-13(4-2)11(15)10-6-5-7-12(8-10)9-14;/h9-10H,3-8H2,1-2H3;1H4. The summed E-state index contributed by atoms with van der Waals surface area (Å²) in [4.78, 5) is 26.2. The Labute approximate surface area is 98.6 Å². The van der Waals surface area contributed by atoms with Crippen LogP contribution in [0.1, 0.15) is 34.1 Å². The Bertz CT molecular complexity index is 227. The number of nitrogens with zero attached hydrogens (tertiary/aromatic N) is 2. The average Bonchev–Trinajstić information content (AvgIpc) is 2.30. The number of piperidine rings is 1. The molecule has 4 nitrogen and oxygen atoms in total. The number of amides is 2. The topological polar surface area (TPSA) is 40.6 Å². The maximum absolute atomic E-state index is 12.0. The molecule has 1 atom stereocenters. The molecule has 0 aliphatic carbocycles. The van der Waals surface area contributed by atoms with Crippen LogP contribution in [0.3, 0.4) is 0 Å². The molecule has 16 heavy (non-hydrogen) atoms. The van der Waals surface area contributed by atoms with Crippen LogP contribution < -0.4 is 0 Å². The van der Waals surface area contributed by atoms with E-state index in [4.69, 9.17) is 0 Å². The summed E-state index contributed by atoms with van der Waals surface area (Å²) in [5.74, 6) is 0.218. The first kappa shape index (κ1) is 14.9. The first-order valence-electron chi connectivity index (χ1n) is 5.71. The van der Waals surface area contributed by atoms with Gasteiger partial charge in [-0.2, -0.15) is 0 Å². The second kappa shape index (κ2) is 7.25. The molecule has 1 fully saturated rings. The zero-order chi connectivity index (χ0) is 11.3. The minimum absolute atomic E-state index is 0. The maximum atomic E-state index is 12.0. The van der Waals surface area contributed by atoms with Crippen molar-refractivity contribution in [2.75, 3.05) is 26.2 Å². The Balaban J connectivity index is 0.00000225. The predicted molar refractivity (Wildman–Crippen MR) is 65.0 cm³/mol. The van der Waals surface area contributed by atoms with Gasteiger partial charge in [-0.3, -0.25) is 9.59 Å². The van der Waals surface area contributed by atoms with Crippen molar-refractivity contribution in [1.82, 2.24) is 9.80 Å². The van der Waals surface area contributed by atoms with Gasteiger partial charge < -0.3 is 9.80 Å². The molecule has 0 radical (unpaired) electrons. The second-order valence-electron chi connectivity index (χ2n) is 3.95. The van der Waals surface area contributed by atoms with E-state index in [0.717, 1.165) is 38.9 Å². The van der Waals surface area contributed by atoms with Gasteiger partial charge in [0.2, 0.25) is 12.3 Å². The summed E-state index contributed by atoms with van der Waals surface area (Å²) in [6, 6.07) is 0. The zero-order valence-electron chi connectivity index (χ0n) is 9.61. The number of carbonyl (C=O) groups is 2. The molecule has 1 aliphatic rings. The lowest BCUT2D eigenvalue weighted by Crippen LogP contribution is -2.44. The van der Waals surface area contributed by atoms with Crippen molar-refractivity contribution in [3.63, 3.8) is 0 Å². The minimum Gasteiger partial charge on any atom is -0.344 e. The Hall–Kier alpha value is -1.06. The van der Waals surface area contributed by atoms with Crippen LogP contribution in [-0.4, -0.2) is 48.3 Å². The van der Waals surface area contributed by atoms with Gasteiger partial charge in [-0.05, 0) is 26.7 Å². The second-order valence-corrected chi connectivity index (χ2v) is 3.95. The Kier molecular flexibility index (Phi) is 6.77. The third-order valence-electron chi connectivity index (χ3n) is 3.03. The van der Waals surface area contributed by atoms with E-state index in [1.54, 1.807) is 4.90 Å². The molecular weight excluding hydrogens is 204 g/mol. The van der Waals surface area contributed by atoms with E-state index in [9.17, 15) is 9.59 Å². The van der Waals surface area contributed by atoms with Crippen LogP contribution in [0, 0.1) is 5.92 Å². The van der Waals surface area contributed by atoms with Gasteiger partial charge in [0.25, 0.3) is 0 Å². The predicted octanol–water partition coefficient (Wildman–Crippen LogP) is 1.36. The highest BCUT2D eigenvalue weighted by atomic mass is 16.2. The normalized spacial score (nSPS) is 19.9. The SMILES string of the molecule is C.CCN(CC)C(=O)C1CCCN(C=O)C1. The lowest BCUT2D eigenvalue weighted by molar-refractivity contribution is -0.137. The van der Waals surface area contributed by atoms with Gasteiger partial charge in [0, 0.05) is 26.2 Å². The van der Waals surface area contributed by atoms with E-state index in [0.29, 0.717) is 6.54 Å². The molecule has 0 aromatic rings. The quantitative estimate of drug-likeness (QED) is 0.682. The molecule has 0 saturated carbocycles. The highest BCUT2D eigenvalue weighted by Gasteiger charge is 2.27. The monoisotopic (exact) mass is 228 g/mol. The van der Waals surface area contributed by atoms with E-state index in [1.807, 2.05) is 18.7 Å². The van der Waals surface area contributed by atoms with Crippen molar-refractivity contribution in [1.29, 1.82) is 0 Å². The molecule has 0 spiro atoms. The van der Waals surface area contributed by atoms with Gasteiger partial charge in [-0.15, -0.1) is 0 Å². The van der Waals surface area contributed by atoms with Crippen molar-refractivity contribution >= 4 is 12.3 Å². The van der Waals surface area contributed by atoms with Crippen LogP contribution in [0.5, 0.6) is 0 Å². The van der Waals surface area contributed by atoms with Crippen molar-refractivity contribution in [2.24, 2.45) is 5.92 Å². The van der Waals surface area contributed by atoms with Crippen LogP contribution in [0.4, 0.5) is 0 Å². The Morgan fingerprint density at radius 2 is 2.06 bits per heavy atom. The minimum atomic E-state index is 0. The summed E-state index contributed by atoms with van der Waals surface area (Å²) in [6.45, 7) is 6.88. The smallest absolute Gasteiger partial charge is 0.227 e. The lowest BCUT2D eigenvalue weighted by Gasteiger charge is -2.32. The summed E-state index contributed by atoms with van der Waals surface area (Å²) in [5, 5.41) is 0. The van der Waals surface area contributed by atoms with Crippen molar-refractivity contribution in [3.05, 3.63) is 0 Å². The molecule has 0 bridgehead atoms. The summed E-state index contributed by atoms with van der Waals surface area (Å²) in [5.41, 5.74) is 0. The lowest BCUT2D eigenvalue weighted by atomic mass is 9.97. The molecule has 0 N–H and O–H groups in total. The molecule has 1 unspecified atom stereocenters. The Morgan fingerprint density at radius 1 is 1.44 bits per heavy atom. The summed E-state index contributed by atoms with van der Waals surface area (Å²) >= 11 is 0. The fourth-order valence-electron chi connectivity index (χ4n) is 2.10. The Morgan fingerprint density at radius 3 is 2.56 bits per heavy atom. The van der Waals surface area contributed by atoms with Gasteiger partial charge in [0.1, 0.15) is 0 Å². The first-order valence-corrected chi connectivity index (χ1v) is 5.71. The number of hydrogen-bond acceptors (Lipinski definition) is 2. The van der Waals surface area contributed by atoms with Crippen LogP contribution in [-0.2, 0) is 9.59 Å². The van der Waals surface area contributed by atoms with E-state index < -0.39 is 0 Å². The number of carbonyl (C=O) groups excluding carboxylic acids is 2. The molecule has 4 heteroatoms. The molecular formula is C12H24N2O2. The molecule has 0 aromatic heterocycles. The maximum Gasteiger partial charge on any atom is 0.227 e. The van der Waals surface area contributed by atoms with E-state index in [-0.39, 0.29) is 19.3 Å². The highest BCUT2D eigenvalue weighted by molar-refractivity contribution is 5.79. The van der Waals surface area contributed by atoms with Crippen LogP contribution in [0.15, 0.2) is 0 Å². The third-order valence-corrected chi connectivity index (χ3v) is 3.03. The fraction of sp³-hybridized carbons (Fsp3) is 0.833. The highest BCUT2D eigenvalue weighted by Crippen LogP contribution is 2.17. The molecule has 2 amide bonds. The first-order chi connectivity index (χ1) is 7.22. The van der Waals surface area contributed by atoms with Gasteiger partial charge in [0.05, 0.1) is 5.92 Å². The molecule has 94 valence electrons. The van der Waals surface area contributed by atoms with E-state index in [1.165, 1.54) is 0 Å². The third kappa shape index (κ3) is 3.51. The van der Waals surface area contributed by atoms with E-state index >= 15 is 0 Å².